The minimum Gasteiger partial charge on any atom is -0.394 e. The molecule has 0 aromatic carbocycles. The van der Waals surface area contributed by atoms with E-state index in [0.717, 1.165) is 28.4 Å². The van der Waals surface area contributed by atoms with Gasteiger partial charge in [-0.3, -0.25) is 0 Å². The van der Waals surface area contributed by atoms with Crippen molar-refractivity contribution in [3.63, 3.8) is 0 Å². The Morgan fingerprint density at radius 2 is 2.46 bits per heavy atom. The van der Waals surface area contributed by atoms with E-state index in [4.69, 9.17) is 5.11 Å². The second kappa shape index (κ2) is 3.89. The van der Waals surface area contributed by atoms with Crippen LogP contribution in [0.3, 0.4) is 0 Å². The summed E-state index contributed by atoms with van der Waals surface area (Å²) in [5.41, 5.74) is 0. The van der Waals surface area contributed by atoms with Gasteiger partial charge < -0.3 is 10.0 Å². The Morgan fingerprint density at radius 3 is 3.08 bits per heavy atom. The molecule has 0 aliphatic carbocycles. The third kappa shape index (κ3) is 1.84. The fourth-order valence-corrected chi connectivity index (χ4v) is 2.78. The Labute approximate surface area is 88.7 Å². The first-order chi connectivity index (χ1) is 6.31. The van der Waals surface area contributed by atoms with Gasteiger partial charge in [-0.25, -0.2) is 0 Å². The summed E-state index contributed by atoms with van der Waals surface area (Å²) >= 11 is 4.79. The van der Waals surface area contributed by atoms with Gasteiger partial charge >= 0.3 is 0 Å². The Bertz CT molecular complexity index is 293. The van der Waals surface area contributed by atoms with Crippen LogP contribution in [0.25, 0.3) is 0 Å². The lowest BCUT2D eigenvalue weighted by atomic mass is 10.2. The molecule has 0 radical (unpaired) electrons. The van der Waals surface area contributed by atoms with Gasteiger partial charge in [-0.2, -0.15) is 0 Å². The van der Waals surface area contributed by atoms with Crippen LogP contribution in [-0.2, 0) is 0 Å². The van der Waals surface area contributed by atoms with Crippen molar-refractivity contribution in [2.24, 2.45) is 0 Å². The van der Waals surface area contributed by atoms with Gasteiger partial charge in [0, 0.05) is 6.54 Å². The normalized spacial score (nSPS) is 22.6. The zero-order valence-corrected chi connectivity index (χ0v) is 9.38. The minimum absolute atomic E-state index is 0.206. The molecule has 72 valence electrons. The summed E-state index contributed by atoms with van der Waals surface area (Å²) in [6.45, 7) is 1.18. The molecule has 4 nitrogen and oxygen atoms in total. The molecule has 6 heteroatoms. The van der Waals surface area contributed by atoms with Gasteiger partial charge in [0.2, 0.25) is 5.13 Å². The van der Waals surface area contributed by atoms with Crippen LogP contribution in [0.15, 0.2) is 3.92 Å². The van der Waals surface area contributed by atoms with E-state index < -0.39 is 0 Å². The summed E-state index contributed by atoms with van der Waals surface area (Å²) in [6.07, 6.45) is 2.18. The molecule has 1 aromatic heterocycles. The van der Waals surface area contributed by atoms with E-state index >= 15 is 0 Å². The minimum atomic E-state index is 0.206. The Hall–Kier alpha value is -0.200. The van der Waals surface area contributed by atoms with Crippen molar-refractivity contribution in [2.75, 3.05) is 18.1 Å². The number of halogens is 1. The first kappa shape index (κ1) is 9.36. The van der Waals surface area contributed by atoms with Crippen LogP contribution < -0.4 is 4.90 Å². The molecule has 0 amide bonds. The van der Waals surface area contributed by atoms with Crippen molar-refractivity contribution < 1.29 is 5.11 Å². The van der Waals surface area contributed by atoms with Crippen LogP contribution in [0.2, 0.25) is 0 Å². The second-order valence-corrected chi connectivity index (χ2v) is 5.24. The van der Waals surface area contributed by atoms with E-state index in [1.807, 2.05) is 0 Å². The molecule has 0 unspecified atom stereocenters. The van der Waals surface area contributed by atoms with Gasteiger partial charge in [-0.15, -0.1) is 10.2 Å². The van der Waals surface area contributed by atoms with Crippen LogP contribution in [0.1, 0.15) is 12.8 Å². The van der Waals surface area contributed by atoms with E-state index in [1.165, 1.54) is 11.3 Å². The molecule has 2 heterocycles. The molecule has 1 aromatic rings. The number of aliphatic hydroxyl groups excluding tert-OH is 1. The molecule has 1 aliphatic heterocycles. The summed E-state index contributed by atoms with van der Waals surface area (Å²) in [4.78, 5) is 2.13. The Balaban J connectivity index is 2.15. The van der Waals surface area contributed by atoms with Gasteiger partial charge in [0.25, 0.3) is 0 Å². The third-order valence-corrected chi connectivity index (χ3v) is 3.62. The summed E-state index contributed by atoms with van der Waals surface area (Å²) in [7, 11) is 0. The fraction of sp³-hybridized carbons (Fsp3) is 0.714. The molecular formula is C7H10BrN3OS. The summed E-state index contributed by atoms with van der Waals surface area (Å²) in [6, 6.07) is 0.236. The lowest BCUT2D eigenvalue weighted by molar-refractivity contribution is 0.266. The SMILES string of the molecule is OC[C@H]1CCCN1c1nnc(Br)s1. The molecule has 1 atom stereocenters. The van der Waals surface area contributed by atoms with E-state index in [1.54, 1.807) is 0 Å². The van der Waals surface area contributed by atoms with E-state index in [0.29, 0.717) is 0 Å². The summed E-state index contributed by atoms with van der Waals surface area (Å²) in [5.74, 6) is 0. The number of hydrogen-bond donors (Lipinski definition) is 1. The molecule has 1 saturated heterocycles. The number of rotatable bonds is 2. The molecule has 13 heavy (non-hydrogen) atoms. The molecule has 0 spiro atoms. The topological polar surface area (TPSA) is 49.2 Å². The molecule has 0 bridgehead atoms. The van der Waals surface area contributed by atoms with Gasteiger partial charge in [0.05, 0.1) is 12.6 Å². The van der Waals surface area contributed by atoms with Crippen molar-refractivity contribution in [2.45, 2.75) is 18.9 Å². The first-order valence-corrected chi connectivity index (χ1v) is 5.78. The van der Waals surface area contributed by atoms with Gasteiger partial charge in [0.1, 0.15) is 0 Å². The van der Waals surface area contributed by atoms with Crippen molar-refractivity contribution in [3.8, 4) is 0 Å². The largest absolute Gasteiger partial charge is 0.394 e. The van der Waals surface area contributed by atoms with Gasteiger partial charge in [-0.1, -0.05) is 11.3 Å². The fourth-order valence-electron chi connectivity index (χ4n) is 1.59. The molecular weight excluding hydrogens is 254 g/mol. The van der Waals surface area contributed by atoms with Gasteiger partial charge in [0.15, 0.2) is 3.92 Å². The third-order valence-electron chi connectivity index (χ3n) is 2.22. The molecule has 1 aliphatic rings. The Kier molecular flexibility index (Phi) is 2.80. The lowest BCUT2D eigenvalue weighted by Gasteiger charge is -2.20. The standard InChI is InChI=1S/C7H10BrN3OS/c8-6-9-10-7(13-6)11-3-1-2-5(11)4-12/h5,12H,1-4H2/t5-/m1/s1. The van der Waals surface area contributed by atoms with Crippen molar-refractivity contribution >= 4 is 32.4 Å². The van der Waals surface area contributed by atoms with Crippen LogP contribution in [0.5, 0.6) is 0 Å². The first-order valence-electron chi connectivity index (χ1n) is 4.18. The summed E-state index contributed by atoms with van der Waals surface area (Å²) < 4.78 is 0.797. The monoisotopic (exact) mass is 263 g/mol. The molecule has 1 N–H and O–H groups in total. The highest BCUT2D eigenvalue weighted by molar-refractivity contribution is 9.11. The average Bonchev–Trinajstić information content (AvgIpc) is 2.71. The number of aliphatic hydroxyl groups is 1. The lowest BCUT2D eigenvalue weighted by Crippen LogP contribution is -2.31. The van der Waals surface area contributed by atoms with E-state index in [9.17, 15) is 0 Å². The smallest absolute Gasteiger partial charge is 0.209 e. The summed E-state index contributed by atoms with van der Waals surface area (Å²) in [5, 5.41) is 17.9. The zero-order chi connectivity index (χ0) is 9.26. The number of aromatic nitrogens is 2. The van der Waals surface area contributed by atoms with E-state index in [2.05, 4.69) is 31.0 Å². The van der Waals surface area contributed by atoms with Crippen LogP contribution in [0.4, 0.5) is 5.13 Å². The number of anilines is 1. The van der Waals surface area contributed by atoms with Gasteiger partial charge in [-0.05, 0) is 28.8 Å². The predicted octanol–water partition coefficient (Wildman–Crippen LogP) is 1.26. The van der Waals surface area contributed by atoms with Crippen LogP contribution in [-0.4, -0.2) is 34.5 Å². The zero-order valence-electron chi connectivity index (χ0n) is 6.98. The van der Waals surface area contributed by atoms with Crippen molar-refractivity contribution in [1.82, 2.24) is 10.2 Å². The van der Waals surface area contributed by atoms with Crippen molar-refractivity contribution in [3.05, 3.63) is 3.92 Å². The highest BCUT2D eigenvalue weighted by atomic mass is 79.9. The highest BCUT2D eigenvalue weighted by Gasteiger charge is 2.26. The maximum absolute atomic E-state index is 9.11. The second-order valence-electron chi connectivity index (χ2n) is 3.01. The average molecular weight is 264 g/mol. The molecule has 0 saturated carbocycles. The maximum Gasteiger partial charge on any atom is 0.209 e. The highest BCUT2D eigenvalue weighted by Crippen LogP contribution is 2.29. The number of hydrogen-bond acceptors (Lipinski definition) is 5. The predicted molar refractivity (Wildman–Crippen MR) is 55.1 cm³/mol. The maximum atomic E-state index is 9.11. The molecule has 1 fully saturated rings. The Morgan fingerprint density at radius 1 is 1.62 bits per heavy atom. The van der Waals surface area contributed by atoms with Crippen LogP contribution in [0, 0.1) is 0 Å². The molecule has 2 rings (SSSR count). The van der Waals surface area contributed by atoms with Crippen LogP contribution >= 0.6 is 27.3 Å². The number of nitrogens with zero attached hydrogens (tertiary/aromatic N) is 3. The quantitative estimate of drug-likeness (QED) is 0.873. The van der Waals surface area contributed by atoms with Crippen molar-refractivity contribution in [1.29, 1.82) is 0 Å². The van der Waals surface area contributed by atoms with E-state index in [-0.39, 0.29) is 12.6 Å².